The molecule has 1 aromatic carbocycles. The number of hydrogen-bond acceptors (Lipinski definition) is 2. The Labute approximate surface area is 116 Å². The van der Waals surface area contributed by atoms with Crippen LogP contribution in [0.25, 0.3) is 0 Å². The van der Waals surface area contributed by atoms with Crippen molar-refractivity contribution in [3.8, 4) is 0 Å². The Morgan fingerprint density at radius 3 is 2.74 bits per heavy atom. The van der Waals surface area contributed by atoms with Gasteiger partial charge in [0.25, 0.3) is 5.91 Å². The smallest absolute Gasteiger partial charge is 0.253 e. The molecule has 0 aliphatic carbocycles. The SMILES string of the molecule is O=C(NCc1cc(Br)ccc1F)c1ccc(F)nc1. The lowest BCUT2D eigenvalue weighted by atomic mass is 10.2. The Hall–Kier alpha value is -1.82. The fourth-order valence-corrected chi connectivity index (χ4v) is 1.87. The number of pyridine rings is 1. The zero-order valence-electron chi connectivity index (χ0n) is 9.66. The average molecular weight is 327 g/mol. The maximum absolute atomic E-state index is 13.4. The molecule has 1 aromatic heterocycles. The minimum absolute atomic E-state index is 0.0431. The van der Waals surface area contributed by atoms with E-state index in [1.807, 2.05) is 0 Å². The zero-order valence-corrected chi connectivity index (χ0v) is 11.2. The summed E-state index contributed by atoms with van der Waals surface area (Å²) < 4.78 is 26.8. The van der Waals surface area contributed by atoms with Gasteiger partial charge in [0, 0.05) is 22.8 Å². The first-order valence-electron chi connectivity index (χ1n) is 5.40. The van der Waals surface area contributed by atoms with E-state index < -0.39 is 17.7 Å². The second-order valence-electron chi connectivity index (χ2n) is 3.79. The van der Waals surface area contributed by atoms with Crippen LogP contribution in [0.15, 0.2) is 41.0 Å². The van der Waals surface area contributed by atoms with Crippen LogP contribution in [0.3, 0.4) is 0 Å². The van der Waals surface area contributed by atoms with E-state index in [1.165, 1.54) is 12.1 Å². The first kappa shape index (κ1) is 13.6. The third kappa shape index (κ3) is 3.57. The first-order chi connectivity index (χ1) is 9.06. The van der Waals surface area contributed by atoms with Gasteiger partial charge in [0.05, 0.1) is 5.56 Å². The normalized spacial score (nSPS) is 10.3. The van der Waals surface area contributed by atoms with Crippen LogP contribution in [0.1, 0.15) is 15.9 Å². The van der Waals surface area contributed by atoms with E-state index in [9.17, 15) is 13.6 Å². The summed E-state index contributed by atoms with van der Waals surface area (Å²) >= 11 is 3.23. The number of rotatable bonds is 3. The number of halogens is 3. The molecule has 0 atom stereocenters. The minimum Gasteiger partial charge on any atom is -0.348 e. The predicted molar refractivity (Wildman–Crippen MR) is 69.5 cm³/mol. The highest BCUT2D eigenvalue weighted by Crippen LogP contribution is 2.15. The highest BCUT2D eigenvalue weighted by molar-refractivity contribution is 9.10. The maximum atomic E-state index is 13.4. The molecule has 0 aliphatic heterocycles. The fourth-order valence-electron chi connectivity index (χ4n) is 1.47. The van der Waals surface area contributed by atoms with Gasteiger partial charge in [-0.3, -0.25) is 4.79 Å². The monoisotopic (exact) mass is 326 g/mol. The Balaban J connectivity index is 2.04. The lowest BCUT2D eigenvalue weighted by Crippen LogP contribution is -2.23. The quantitative estimate of drug-likeness (QED) is 0.881. The summed E-state index contributed by atoms with van der Waals surface area (Å²) in [6, 6.07) is 6.87. The Kier molecular flexibility index (Phi) is 4.21. The summed E-state index contributed by atoms with van der Waals surface area (Å²) in [5, 5.41) is 2.54. The van der Waals surface area contributed by atoms with Crippen LogP contribution in [0.2, 0.25) is 0 Å². The van der Waals surface area contributed by atoms with Crippen molar-refractivity contribution in [3.05, 3.63) is 63.9 Å². The molecule has 0 saturated carbocycles. The van der Waals surface area contributed by atoms with Crippen LogP contribution in [-0.2, 0) is 6.54 Å². The van der Waals surface area contributed by atoms with Crippen molar-refractivity contribution < 1.29 is 13.6 Å². The molecule has 0 fully saturated rings. The molecule has 19 heavy (non-hydrogen) atoms. The summed E-state index contributed by atoms with van der Waals surface area (Å²) in [5.74, 6) is -1.50. The summed E-state index contributed by atoms with van der Waals surface area (Å²) in [6.07, 6.45) is 1.13. The van der Waals surface area contributed by atoms with Crippen LogP contribution < -0.4 is 5.32 Å². The van der Waals surface area contributed by atoms with Crippen molar-refractivity contribution >= 4 is 21.8 Å². The third-order valence-corrected chi connectivity index (χ3v) is 2.93. The lowest BCUT2D eigenvalue weighted by molar-refractivity contribution is 0.0950. The molecule has 0 aliphatic rings. The van der Waals surface area contributed by atoms with Gasteiger partial charge in [-0.1, -0.05) is 15.9 Å². The predicted octanol–water partition coefficient (Wildman–Crippen LogP) is 3.05. The van der Waals surface area contributed by atoms with Crippen molar-refractivity contribution in [2.24, 2.45) is 0 Å². The largest absolute Gasteiger partial charge is 0.348 e. The van der Waals surface area contributed by atoms with Crippen LogP contribution in [0.4, 0.5) is 8.78 Å². The van der Waals surface area contributed by atoms with Gasteiger partial charge in [-0.25, -0.2) is 9.37 Å². The van der Waals surface area contributed by atoms with Crippen LogP contribution in [-0.4, -0.2) is 10.9 Å². The fraction of sp³-hybridized carbons (Fsp3) is 0.0769. The molecule has 6 heteroatoms. The van der Waals surface area contributed by atoms with Gasteiger partial charge in [0.2, 0.25) is 5.95 Å². The number of amides is 1. The maximum Gasteiger partial charge on any atom is 0.253 e. The molecule has 1 N–H and O–H groups in total. The van der Waals surface area contributed by atoms with E-state index in [-0.39, 0.29) is 12.1 Å². The molecule has 3 nitrogen and oxygen atoms in total. The summed E-state index contributed by atoms with van der Waals surface area (Å²) in [5.41, 5.74) is 0.578. The van der Waals surface area contributed by atoms with Gasteiger partial charge in [-0.2, -0.15) is 4.39 Å². The molecule has 0 saturated heterocycles. The number of aromatic nitrogens is 1. The van der Waals surface area contributed by atoms with Gasteiger partial charge < -0.3 is 5.32 Å². The second-order valence-corrected chi connectivity index (χ2v) is 4.70. The summed E-state index contributed by atoms with van der Waals surface area (Å²) in [6.45, 7) is 0.0431. The molecule has 1 heterocycles. The van der Waals surface area contributed by atoms with Gasteiger partial charge >= 0.3 is 0 Å². The van der Waals surface area contributed by atoms with E-state index in [2.05, 4.69) is 26.2 Å². The van der Waals surface area contributed by atoms with Crippen molar-refractivity contribution in [1.82, 2.24) is 10.3 Å². The van der Waals surface area contributed by atoms with E-state index >= 15 is 0 Å². The van der Waals surface area contributed by atoms with Gasteiger partial charge in [0.1, 0.15) is 5.82 Å². The second kappa shape index (κ2) is 5.88. The highest BCUT2D eigenvalue weighted by atomic mass is 79.9. The van der Waals surface area contributed by atoms with Crippen molar-refractivity contribution in [1.29, 1.82) is 0 Å². The molecule has 1 amide bonds. The van der Waals surface area contributed by atoms with Crippen LogP contribution in [0.5, 0.6) is 0 Å². The molecule has 0 spiro atoms. The third-order valence-electron chi connectivity index (χ3n) is 2.44. The van der Waals surface area contributed by atoms with Gasteiger partial charge in [-0.05, 0) is 30.3 Å². The van der Waals surface area contributed by atoms with Gasteiger partial charge in [-0.15, -0.1) is 0 Å². The first-order valence-corrected chi connectivity index (χ1v) is 6.19. The number of carbonyl (C=O) groups excluding carboxylic acids is 1. The van der Waals surface area contributed by atoms with Crippen LogP contribution in [0, 0.1) is 11.8 Å². The van der Waals surface area contributed by atoms with Crippen molar-refractivity contribution in [2.75, 3.05) is 0 Å². The molecule has 0 bridgehead atoms. The Morgan fingerprint density at radius 2 is 2.05 bits per heavy atom. The van der Waals surface area contributed by atoms with E-state index in [0.717, 1.165) is 16.7 Å². The number of nitrogens with one attached hydrogen (secondary N) is 1. The van der Waals surface area contributed by atoms with Crippen LogP contribution >= 0.6 is 15.9 Å². The van der Waals surface area contributed by atoms with E-state index in [0.29, 0.717) is 5.56 Å². The number of benzene rings is 1. The van der Waals surface area contributed by atoms with Gasteiger partial charge in [0.15, 0.2) is 0 Å². The average Bonchev–Trinajstić information content (AvgIpc) is 2.40. The number of hydrogen-bond donors (Lipinski definition) is 1. The number of nitrogens with zero attached hydrogens (tertiary/aromatic N) is 1. The Morgan fingerprint density at radius 1 is 1.26 bits per heavy atom. The van der Waals surface area contributed by atoms with Crippen molar-refractivity contribution in [2.45, 2.75) is 6.54 Å². The molecular formula is C13H9BrF2N2O. The van der Waals surface area contributed by atoms with E-state index in [1.54, 1.807) is 12.1 Å². The Bertz CT molecular complexity index is 602. The summed E-state index contributed by atoms with van der Waals surface area (Å²) in [4.78, 5) is 15.1. The molecule has 2 rings (SSSR count). The topological polar surface area (TPSA) is 42.0 Å². The lowest BCUT2D eigenvalue weighted by Gasteiger charge is -2.06. The molecule has 0 radical (unpaired) electrons. The highest BCUT2D eigenvalue weighted by Gasteiger charge is 2.08. The minimum atomic E-state index is -0.658. The number of carbonyl (C=O) groups is 1. The molecule has 2 aromatic rings. The molecule has 98 valence electrons. The van der Waals surface area contributed by atoms with Crippen molar-refractivity contribution in [3.63, 3.8) is 0 Å². The molecular weight excluding hydrogens is 318 g/mol. The summed E-state index contributed by atoms with van der Waals surface area (Å²) in [7, 11) is 0. The van der Waals surface area contributed by atoms with E-state index in [4.69, 9.17) is 0 Å². The zero-order chi connectivity index (χ0) is 13.8. The standard InChI is InChI=1S/C13H9BrF2N2O/c14-10-2-3-11(15)9(5-10)7-18-13(19)8-1-4-12(16)17-6-8/h1-6H,7H2,(H,18,19). The molecule has 0 unspecified atom stereocenters.